The summed E-state index contributed by atoms with van der Waals surface area (Å²) < 4.78 is 41.6. The number of sulfonamides is 1. The van der Waals surface area contributed by atoms with E-state index in [0.717, 1.165) is 11.6 Å². The van der Waals surface area contributed by atoms with Crippen molar-refractivity contribution in [1.29, 1.82) is 0 Å². The maximum Gasteiger partial charge on any atom is 0.264 e. The van der Waals surface area contributed by atoms with Crippen LogP contribution in [0.2, 0.25) is 0 Å². The normalized spacial score (nSPS) is 12.3. The topological polar surface area (TPSA) is 81.1 Å². The highest BCUT2D eigenvalue weighted by Crippen LogP contribution is 2.18. The number of rotatable bonds is 4. The predicted molar refractivity (Wildman–Crippen MR) is 83.0 cm³/mol. The smallest absolute Gasteiger partial charge is 0.264 e. The quantitative estimate of drug-likeness (QED) is 0.866. The molecule has 0 fully saturated rings. The van der Waals surface area contributed by atoms with Gasteiger partial charge >= 0.3 is 0 Å². The van der Waals surface area contributed by atoms with Gasteiger partial charge in [0.25, 0.3) is 15.9 Å². The number of amides is 1. The summed E-state index contributed by atoms with van der Waals surface area (Å²) in [6.07, 6.45) is 4.66. The van der Waals surface area contributed by atoms with Crippen molar-refractivity contribution in [2.24, 2.45) is 0 Å². The Bertz CT molecular complexity index is 885. The molecule has 122 valence electrons. The average molecular weight is 337 g/mol. The molecule has 1 N–H and O–H groups in total. The van der Waals surface area contributed by atoms with Gasteiger partial charge in [0.2, 0.25) is 0 Å². The number of benzene rings is 1. The summed E-state index contributed by atoms with van der Waals surface area (Å²) in [6.45, 7) is 4.90. The Balaban J connectivity index is 2.34. The number of carbonyl (C=O) groups is 1. The average Bonchev–Trinajstić information content (AvgIpc) is 2.92. The molecule has 0 saturated carbocycles. The van der Waals surface area contributed by atoms with Crippen molar-refractivity contribution in [2.45, 2.75) is 25.7 Å². The molecule has 1 amide bonds. The number of aryl methyl sites for hydroxylation is 1. The molecule has 2 rings (SSSR count). The van der Waals surface area contributed by atoms with Crippen LogP contribution >= 0.6 is 0 Å². The van der Waals surface area contributed by atoms with Crippen LogP contribution in [0.5, 0.6) is 0 Å². The first kappa shape index (κ1) is 16.9. The lowest BCUT2D eigenvalue weighted by atomic mass is 10.3. The van der Waals surface area contributed by atoms with E-state index in [0.29, 0.717) is 0 Å². The van der Waals surface area contributed by atoms with Gasteiger partial charge in [-0.1, -0.05) is 6.08 Å². The SMILES string of the molecule is C/C=C(\C)C(=O)NS(=O)(=O)c1ccc(-n2cc(C)cn2)c(F)c1. The zero-order chi connectivity index (χ0) is 17.2. The highest BCUT2D eigenvalue weighted by molar-refractivity contribution is 7.90. The minimum absolute atomic E-state index is 0.119. The summed E-state index contributed by atoms with van der Waals surface area (Å²) in [6, 6.07) is 3.37. The summed E-state index contributed by atoms with van der Waals surface area (Å²) in [7, 11) is -4.14. The number of carbonyl (C=O) groups excluding carboxylic acids is 1. The molecule has 0 radical (unpaired) electrons. The predicted octanol–water partition coefficient (Wildman–Crippen LogP) is 2.09. The van der Waals surface area contributed by atoms with E-state index in [1.54, 1.807) is 26.2 Å². The van der Waals surface area contributed by atoms with Gasteiger partial charge in [0.1, 0.15) is 11.5 Å². The van der Waals surface area contributed by atoms with Crippen LogP contribution in [-0.4, -0.2) is 24.1 Å². The second-order valence-corrected chi connectivity index (χ2v) is 6.66. The first-order chi connectivity index (χ1) is 10.7. The fourth-order valence-corrected chi connectivity index (χ4v) is 2.81. The van der Waals surface area contributed by atoms with E-state index in [2.05, 4.69) is 5.10 Å². The van der Waals surface area contributed by atoms with Gasteiger partial charge in [-0.05, 0) is 44.5 Å². The molecule has 0 aliphatic heterocycles. The molecule has 0 bridgehead atoms. The summed E-state index contributed by atoms with van der Waals surface area (Å²) in [5.41, 5.74) is 1.21. The van der Waals surface area contributed by atoms with Crippen molar-refractivity contribution in [1.82, 2.24) is 14.5 Å². The zero-order valence-electron chi connectivity index (χ0n) is 12.9. The summed E-state index contributed by atoms with van der Waals surface area (Å²) >= 11 is 0. The van der Waals surface area contributed by atoms with Crippen LogP contribution in [0.1, 0.15) is 19.4 Å². The number of hydrogen-bond donors (Lipinski definition) is 1. The van der Waals surface area contributed by atoms with E-state index >= 15 is 0 Å². The first-order valence-electron chi connectivity index (χ1n) is 6.76. The Hall–Kier alpha value is -2.48. The molecular formula is C15H16FN3O3S. The minimum Gasteiger partial charge on any atom is -0.269 e. The third-order valence-electron chi connectivity index (χ3n) is 3.21. The highest BCUT2D eigenvalue weighted by atomic mass is 32.2. The van der Waals surface area contributed by atoms with Crippen molar-refractivity contribution >= 4 is 15.9 Å². The highest BCUT2D eigenvalue weighted by Gasteiger charge is 2.20. The maximum atomic E-state index is 14.2. The van der Waals surface area contributed by atoms with E-state index in [9.17, 15) is 17.6 Å². The summed E-state index contributed by atoms with van der Waals surface area (Å²) in [5.74, 6) is -1.51. The Morgan fingerprint density at radius 1 is 1.39 bits per heavy atom. The van der Waals surface area contributed by atoms with Crippen LogP contribution in [0.3, 0.4) is 0 Å². The van der Waals surface area contributed by atoms with E-state index in [1.165, 1.54) is 29.8 Å². The number of halogens is 1. The van der Waals surface area contributed by atoms with Gasteiger partial charge in [-0.15, -0.1) is 0 Å². The van der Waals surface area contributed by atoms with Gasteiger partial charge in [0.05, 0.1) is 11.1 Å². The van der Waals surface area contributed by atoms with Gasteiger partial charge in [-0.3, -0.25) is 4.79 Å². The molecule has 0 spiro atoms. The van der Waals surface area contributed by atoms with E-state index in [4.69, 9.17) is 0 Å². The van der Waals surface area contributed by atoms with Crippen LogP contribution < -0.4 is 4.72 Å². The van der Waals surface area contributed by atoms with Crippen molar-refractivity contribution in [2.75, 3.05) is 0 Å². The number of allylic oxidation sites excluding steroid dienone is 1. The number of hydrogen-bond acceptors (Lipinski definition) is 4. The van der Waals surface area contributed by atoms with Gasteiger partial charge in [0, 0.05) is 11.8 Å². The third-order valence-corrected chi connectivity index (χ3v) is 4.53. The minimum atomic E-state index is -4.14. The number of nitrogens with one attached hydrogen (secondary N) is 1. The number of aromatic nitrogens is 2. The lowest BCUT2D eigenvalue weighted by Crippen LogP contribution is -2.31. The van der Waals surface area contributed by atoms with Crippen LogP contribution in [0.25, 0.3) is 5.69 Å². The Morgan fingerprint density at radius 3 is 2.61 bits per heavy atom. The summed E-state index contributed by atoms with van der Waals surface area (Å²) in [5, 5.41) is 3.97. The van der Waals surface area contributed by atoms with Crippen LogP contribution in [0.15, 0.2) is 47.1 Å². The monoisotopic (exact) mass is 337 g/mol. The fourth-order valence-electron chi connectivity index (χ4n) is 1.78. The molecular weight excluding hydrogens is 321 g/mol. The second kappa shape index (κ2) is 6.33. The molecule has 1 heterocycles. The largest absolute Gasteiger partial charge is 0.269 e. The molecule has 6 nitrogen and oxygen atoms in total. The van der Waals surface area contributed by atoms with Crippen molar-refractivity contribution in [3.8, 4) is 5.69 Å². The molecule has 0 aliphatic rings. The maximum absolute atomic E-state index is 14.2. The molecule has 2 aromatic rings. The molecule has 0 saturated heterocycles. The van der Waals surface area contributed by atoms with Crippen molar-refractivity contribution < 1.29 is 17.6 Å². The van der Waals surface area contributed by atoms with E-state index in [1.807, 2.05) is 4.72 Å². The van der Waals surface area contributed by atoms with Gasteiger partial charge in [0.15, 0.2) is 0 Å². The van der Waals surface area contributed by atoms with E-state index < -0.39 is 21.7 Å². The second-order valence-electron chi connectivity index (χ2n) is 4.98. The Labute approximate surface area is 133 Å². The lowest BCUT2D eigenvalue weighted by Gasteiger charge is -2.09. The van der Waals surface area contributed by atoms with Crippen LogP contribution in [-0.2, 0) is 14.8 Å². The molecule has 8 heteroatoms. The Kier molecular flexibility index (Phi) is 4.65. The third kappa shape index (κ3) is 3.65. The molecule has 1 aromatic carbocycles. The zero-order valence-corrected chi connectivity index (χ0v) is 13.7. The fraction of sp³-hybridized carbons (Fsp3) is 0.200. The molecule has 1 aromatic heterocycles. The summed E-state index contributed by atoms with van der Waals surface area (Å²) in [4.78, 5) is 11.3. The molecule has 0 unspecified atom stereocenters. The first-order valence-corrected chi connectivity index (χ1v) is 8.24. The van der Waals surface area contributed by atoms with Crippen LogP contribution in [0, 0.1) is 12.7 Å². The number of nitrogens with zero attached hydrogens (tertiary/aromatic N) is 2. The molecule has 0 atom stereocenters. The lowest BCUT2D eigenvalue weighted by molar-refractivity contribution is -0.115. The van der Waals surface area contributed by atoms with Gasteiger partial charge in [-0.2, -0.15) is 5.10 Å². The molecule has 23 heavy (non-hydrogen) atoms. The van der Waals surface area contributed by atoms with E-state index in [-0.39, 0.29) is 16.2 Å². The Morgan fingerprint density at radius 2 is 2.09 bits per heavy atom. The molecule has 0 aliphatic carbocycles. The van der Waals surface area contributed by atoms with Crippen molar-refractivity contribution in [3.05, 3.63) is 53.6 Å². The van der Waals surface area contributed by atoms with Gasteiger partial charge in [-0.25, -0.2) is 22.2 Å². The van der Waals surface area contributed by atoms with Gasteiger partial charge < -0.3 is 0 Å². The standard InChI is InChI=1S/C15H16FN3O3S/c1-4-11(3)15(20)18-23(21,22)12-5-6-14(13(16)7-12)19-9-10(2)8-17-19/h4-9H,1-3H3,(H,18,20)/b11-4+. The van der Waals surface area contributed by atoms with Crippen molar-refractivity contribution in [3.63, 3.8) is 0 Å². The van der Waals surface area contributed by atoms with Crippen LogP contribution in [0.4, 0.5) is 4.39 Å².